The Morgan fingerprint density at radius 3 is 2.20 bits per heavy atom. The third-order valence-corrected chi connectivity index (χ3v) is 6.55. The molecule has 3 aromatic carbocycles. The van der Waals surface area contributed by atoms with Gasteiger partial charge in [-0.1, -0.05) is 30.3 Å². The lowest BCUT2D eigenvalue weighted by Crippen LogP contribution is -2.19. The highest BCUT2D eigenvalue weighted by Crippen LogP contribution is 2.30. The first-order valence-electron chi connectivity index (χ1n) is 9.14. The molecule has 0 spiro atoms. The molecular formula is C23H19NO5S. The van der Waals surface area contributed by atoms with Crippen LogP contribution in [-0.4, -0.2) is 32.4 Å². The summed E-state index contributed by atoms with van der Waals surface area (Å²) >= 11 is 0. The van der Waals surface area contributed by atoms with Crippen molar-refractivity contribution in [3.05, 3.63) is 90.1 Å². The molecule has 6 nitrogen and oxygen atoms in total. The van der Waals surface area contributed by atoms with Crippen LogP contribution in [-0.2, 0) is 10.0 Å². The number of carbonyl (C=O) groups excluding carboxylic acids is 1. The van der Waals surface area contributed by atoms with Gasteiger partial charge in [-0.25, -0.2) is 12.4 Å². The van der Waals surface area contributed by atoms with E-state index < -0.39 is 15.8 Å². The second-order valence-electron chi connectivity index (χ2n) is 6.60. The number of hydrogen-bond donors (Lipinski definition) is 0. The molecule has 0 aliphatic rings. The van der Waals surface area contributed by atoms with E-state index in [0.29, 0.717) is 28.0 Å². The summed E-state index contributed by atoms with van der Waals surface area (Å²) in [6, 6.07) is 21.2. The first kappa shape index (κ1) is 19.7. The minimum Gasteiger partial charge on any atom is -0.497 e. The van der Waals surface area contributed by atoms with Gasteiger partial charge in [0, 0.05) is 10.9 Å². The average Bonchev–Trinajstić information content (AvgIpc) is 3.18. The first-order valence-corrected chi connectivity index (χ1v) is 10.6. The number of carbonyl (C=O) groups is 1. The van der Waals surface area contributed by atoms with Crippen LogP contribution in [0.25, 0.3) is 10.9 Å². The fraction of sp³-hybridized carbons (Fsp3) is 0.0870. The summed E-state index contributed by atoms with van der Waals surface area (Å²) in [6.45, 7) is 0. The molecule has 0 N–H and O–H groups in total. The molecule has 0 saturated carbocycles. The Balaban J connectivity index is 1.99. The van der Waals surface area contributed by atoms with Gasteiger partial charge in [-0.3, -0.25) is 4.79 Å². The van der Waals surface area contributed by atoms with Gasteiger partial charge in [0.25, 0.3) is 10.0 Å². The number of hydrogen-bond acceptors (Lipinski definition) is 5. The Hall–Kier alpha value is -3.58. The standard InChI is InChI=1S/C23H19NO5S/c1-28-18-8-6-7-16(13-18)23(25)22-15-17-14-19(29-2)11-12-21(17)24(22)30(26,27)20-9-4-3-5-10-20/h3-15H,1-2H3. The van der Waals surface area contributed by atoms with Crippen LogP contribution in [0.4, 0.5) is 0 Å². The molecule has 4 aromatic rings. The van der Waals surface area contributed by atoms with Crippen molar-refractivity contribution in [1.29, 1.82) is 0 Å². The van der Waals surface area contributed by atoms with Crippen LogP contribution in [0.2, 0.25) is 0 Å². The van der Waals surface area contributed by atoms with E-state index in [9.17, 15) is 13.2 Å². The van der Waals surface area contributed by atoms with Crippen molar-refractivity contribution in [3.8, 4) is 11.5 Å². The Labute approximate surface area is 174 Å². The topological polar surface area (TPSA) is 74.6 Å². The van der Waals surface area contributed by atoms with E-state index >= 15 is 0 Å². The predicted octanol–water partition coefficient (Wildman–Crippen LogP) is 4.13. The molecule has 1 heterocycles. The van der Waals surface area contributed by atoms with E-state index in [2.05, 4.69) is 0 Å². The maximum Gasteiger partial charge on any atom is 0.268 e. The van der Waals surface area contributed by atoms with Crippen molar-refractivity contribution in [2.45, 2.75) is 4.90 Å². The second kappa shape index (κ2) is 7.68. The predicted molar refractivity (Wildman–Crippen MR) is 114 cm³/mol. The summed E-state index contributed by atoms with van der Waals surface area (Å²) in [5.74, 6) is 0.650. The molecular weight excluding hydrogens is 402 g/mol. The van der Waals surface area contributed by atoms with E-state index in [-0.39, 0.29) is 10.6 Å². The van der Waals surface area contributed by atoms with Crippen LogP contribution in [0, 0.1) is 0 Å². The molecule has 1 aromatic heterocycles. The zero-order valence-corrected chi connectivity index (χ0v) is 17.2. The molecule has 4 rings (SSSR count). The third-order valence-electron chi connectivity index (χ3n) is 4.81. The van der Waals surface area contributed by atoms with Crippen LogP contribution in [0.1, 0.15) is 16.1 Å². The minimum atomic E-state index is -4.02. The number of rotatable bonds is 6. The SMILES string of the molecule is COc1cccc(C(=O)c2cc3cc(OC)ccc3n2S(=O)(=O)c2ccccc2)c1. The summed E-state index contributed by atoms with van der Waals surface area (Å²) in [5, 5.41) is 0.583. The lowest BCUT2D eigenvalue weighted by molar-refractivity contribution is 0.103. The second-order valence-corrected chi connectivity index (χ2v) is 8.38. The van der Waals surface area contributed by atoms with Gasteiger partial charge in [0.1, 0.15) is 17.2 Å². The summed E-state index contributed by atoms with van der Waals surface area (Å²) < 4.78 is 38.6. The van der Waals surface area contributed by atoms with Crippen molar-refractivity contribution in [3.63, 3.8) is 0 Å². The number of ketones is 1. The first-order chi connectivity index (χ1) is 14.5. The van der Waals surface area contributed by atoms with Gasteiger partial charge in [-0.15, -0.1) is 0 Å². The number of benzene rings is 3. The van der Waals surface area contributed by atoms with Gasteiger partial charge in [-0.05, 0) is 48.5 Å². The average molecular weight is 421 g/mol. The fourth-order valence-corrected chi connectivity index (χ4v) is 4.85. The fourth-order valence-electron chi connectivity index (χ4n) is 3.32. The number of methoxy groups -OCH3 is 2. The zero-order chi connectivity index (χ0) is 21.3. The van der Waals surface area contributed by atoms with Crippen molar-refractivity contribution in [2.75, 3.05) is 14.2 Å². The van der Waals surface area contributed by atoms with Crippen LogP contribution < -0.4 is 9.47 Å². The molecule has 30 heavy (non-hydrogen) atoms. The van der Waals surface area contributed by atoms with E-state index in [0.717, 1.165) is 3.97 Å². The Kier molecular flexibility index (Phi) is 5.05. The maximum atomic E-state index is 13.5. The number of aromatic nitrogens is 1. The van der Waals surface area contributed by atoms with Crippen LogP contribution in [0.5, 0.6) is 11.5 Å². The molecule has 0 radical (unpaired) electrons. The minimum absolute atomic E-state index is 0.0374. The van der Waals surface area contributed by atoms with E-state index in [1.165, 1.54) is 26.4 Å². The third kappa shape index (κ3) is 3.33. The number of nitrogens with zero attached hydrogens (tertiary/aromatic N) is 1. The highest BCUT2D eigenvalue weighted by molar-refractivity contribution is 7.90. The highest BCUT2D eigenvalue weighted by Gasteiger charge is 2.27. The molecule has 0 fully saturated rings. The zero-order valence-electron chi connectivity index (χ0n) is 16.4. The normalized spacial score (nSPS) is 11.4. The monoisotopic (exact) mass is 421 g/mol. The van der Waals surface area contributed by atoms with Gasteiger partial charge in [0.2, 0.25) is 5.78 Å². The number of fused-ring (bicyclic) bond motifs is 1. The smallest absolute Gasteiger partial charge is 0.268 e. The van der Waals surface area contributed by atoms with Gasteiger partial charge >= 0.3 is 0 Å². The molecule has 0 aliphatic carbocycles. The summed E-state index contributed by atoms with van der Waals surface area (Å²) in [7, 11) is -0.982. The van der Waals surface area contributed by atoms with Crippen LogP contribution in [0.3, 0.4) is 0 Å². The molecule has 0 saturated heterocycles. The summed E-state index contributed by atoms with van der Waals surface area (Å²) in [5.41, 5.74) is 0.759. The molecule has 0 amide bonds. The van der Waals surface area contributed by atoms with Crippen molar-refractivity contribution < 1.29 is 22.7 Å². The van der Waals surface area contributed by atoms with Crippen molar-refractivity contribution in [1.82, 2.24) is 3.97 Å². The largest absolute Gasteiger partial charge is 0.497 e. The quantitative estimate of drug-likeness (QED) is 0.438. The van der Waals surface area contributed by atoms with Crippen LogP contribution in [0.15, 0.2) is 83.8 Å². The molecule has 152 valence electrons. The molecule has 0 unspecified atom stereocenters. The lowest BCUT2D eigenvalue weighted by Gasteiger charge is -2.12. The molecule has 0 atom stereocenters. The summed E-state index contributed by atoms with van der Waals surface area (Å²) in [4.78, 5) is 13.5. The van der Waals surface area contributed by atoms with E-state index in [1.807, 2.05) is 0 Å². The lowest BCUT2D eigenvalue weighted by atomic mass is 10.1. The summed E-state index contributed by atoms with van der Waals surface area (Å²) in [6.07, 6.45) is 0. The highest BCUT2D eigenvalue weighted by atomic mass is 32.2. The van der Waals surface area contributed by atoms with Crippen molar-refractivity contribution >= 4 is 26.7 Å². The van der Waals surface area contributed by atoms with Crippen molar-refractivity contribution in [2.24, 2.45) is 0 Å². The molecule has 0 aliphatic heterocycles. The Morgan fingerprint density at radius 2 is 1.50 bits per heavy atom. The maximum absolute atomic E-state index is 13.5. The molecule has 7 heteroatoms. The molecule has 0 bridgehead atoms. The van der Waals surface area contributed by atoms with Gasteiger partial charge in [0.05, 0.1) is 24.6 Å². The van der Waals surface area contributed by atoms with E-state index in [4.69, 9.17) is 9.47 Å². The number of ether oxygens (including phenoxy) is 2. The van der Waals surface area contributed by atoms with E-state index in [1.54, 1.807) is 66.7 Å². The Morgan fingerprint density at radius 1 is 0.800 bits per heavy atom. The van der Waals surface area contributed by atoms with Gasteiger partial charge in [0.15, 0.2) is 0 Å². The van der Waals surface area contributed by atoms with Crippen LogP contribution >= 0.6 is 0 Å². The van der Waals surface area contributed by atoms with Gasteiger partial charge < -0.3 is 9.47 Å². The van der Waals surface area contributed by atoms with Gasteiger partial charge in [-0.2, -0.15) is 0 Å². The Bertz CT molecular complexity index is 1340.